The van der Waals surface area contributed by atoms with Gasteiger partial charge in [-0.15, -0.1) is 0 Å². The third-order valence-corrected chi connectivity index (χ3v) is 5.42. The molecule has 2 aliphatic heterocycles. The van der Waals surface area contributed by atoms with Crippen LogP contribution in [0.4, 0.5) is 5.69 Å². The average molecular weight is 446 g/mol. The Labute approximate surface area is 187 Å². The molecule has 0 radical (unpaired) electrons. The zero-order valence-electron chi connectivity index (χ0n) is 18.1. The minimum absolute atomic E-state index is 0.0624. The smallest absolute Gasteiger partial charge is 0.186 e. The standard InChI is InChI=1S/C23H28ClN3O4/c1-23(2,3)31-26-21(20-15(7-6-8-25-20)22-29-11-12-30-22)16-13-17(24)18(14-19(16)28)27-9-4-5-10-27/h6-8,13-14,22,28H,4-5,9-12H2,1-3H3. The Kier molecular flexibility index (Phi) is 6.36. The van der Waals surface area contributed by atoms with Crippen molar-refractivity contribution < 1.29 is 19.4 Å². The Morgan fingerprint density at radius 1 is 1.23 bits per heavy atom. The SMILES string of the molecule is CC(C)(C)ON=C(c1cc(Cl)c(N2CCCC2)cc1O)c1ncccc1C1OCCO1. The molecule has 2 fully saturated rings. The number of pyridine rings is 1. The molecule has 0 amide bonds. The summed E-state index contributed by atoms with van der Waals surface area (Å²) in [6, 6.07) is 7.11. The van der Waals surface area contributed by atoms with Crippen LogP contribution in [0.5, 0.6) is 5.75 Å². The van der Waals surface area contributed by atoms with E-state index >= 15 is 0 Å². The number of benzene rings is 1. The van der Waals surface area contributed by atoms with Crippen LogP contribution in [0.15, 0.2) is 35.6 Å². The predicted octanol–water partition coefficient (Wildman–Crippen LogP) is 4.65. The minimum Gasteiger partial charge on any atom is -0.507 e. The molecule has 2 aliphatic rings. The predicted molar refractivity (Wildman–Crippen MR) is 120 cm³/mol. The van der Waals surface area contributed by atoms with Crippen molar-refractivity contribution in [2.45, 2.75) is 45.5 Å². The van der Waals surface area contributed by atoms with E-state index in [1.807, 2.05) is 32.9 Å². The summed E-state index contributed by atoms with van der Waals surface area (Å²) in [5.74, 6) is 0.0624. The van der Waals surface area contributed by atoms with Crippen molar-refractivity contribution >= 4 is 23.0 Å². The highest BCUT2D eigenvalue weighted by Gasteiger charge is 2.28. The van der Waals surface area contributed by atoms with Gasteiger partial charge < -0.3 is 24.3 Å². The van der Waals surface area contributed by atoms with Crippen LogP contribution in [0.2, 0.25) is 5.02 Å². The van der Waals surface area contributed by atoms with E-state index in [1.54, 1.807) is 18.3 Å². The molecule has 3 heterocycles. The summed E-state index contributed by atoms with van der Waals surface area (Å²) in [6.45, 7) is 8.57. The van der Waals surface area contributed by atoms with Gasteiger partial charge in [-0.05, 0) is 45.7 Å². The molecular formula is C23H28ClN3O4. The van der Waals surface area contributed by atoms with Gasteiger partial charge in [-0.2, -0.15) is 0 Å². The van der Waals surface area contributed by atoms with Gasteiger partial charge >= 0.3 is 0 Å². The number of ether oxygens (including phenoxy) is 2. The summed E-state index contributed by atoms with van der Waals surface area (Å²) >= 11 is 6.65. The van der Waals surface area contributed by atoms with E-state index < -0.39 is 11.9 Å². The van der Waals surface area contributed by atoms with Crippen LogP contribution in [0.1, 0.15) is 56.7 Å². The molecule has 1 aromatic heterocycles. The van der Waals surface area contributed by atoms with Crippen molar-refractivity contribution in [3.63, 3.8) is 0 Å². The van der Waals surface area contributed by atoms with Gasteiger partial charge in [-0.3, -0.25) is 4.98 Å². The second-order valence-electron chi connectivity index (χ2n) is 8.67. The molecule has 0 unspecified atom stereocenters. The summed E-state index contributed by atoms with van der Waals surface area (Å²) in [6.07, 6.45) is 3.34. The van der Waals surface area contributed by atoms with E-state index in [4.69, 9.17) is 25.9 Å². The molecule has 2 aromatic rings. The monoisotopic (exact) mass is 445 g/mol. The lowest BCUT2D eigenvalue weighted by molar-refractivity contribution is -0.0445. The highest BCUT2D eigenvalue weighted by Crippen LogP contribution is 2.37. The number of hydrogen-bond acceptors (Lipinski definition) is 7. The van der Waals surface area contributed by atoms with Crippen LogP contribution in [-0.2, 0) is 14.3 Å². The number of aromatic nitrogens is 1. The molecule has 0 atom stereocenters. The van der Waals surface area contributed by atoms with Crippen molar-refractivity contribution in [3.05, 3.63) is 52.3 Å². The number of hydrogen-bond donors (Lipinski definition) is 1. The first-order chi connectivity index (χ1) is 14.8. The van der Waals surface area contributed by atoms with E-state index in [-0.39, 0.29) is 5.75 Å². The molecule has 0 spiro atoms. The minimum atomic E-state index is -0.551. The number of phenols is 1. The topological polar surface area (TPSA) is 76.4 Å². The lowest BCUT2D eigenvalue weighted by Gasteiger charge is -2.22. The first-order valence-corrected chi connectivity index (χ1v) is 10.9. The highest BCUT2D eigenvalue weighted by molar-refractivity contribution is 6.34. The van der Waals surface area contributed by atoms with E-state index in [0.29, 0.717) is 35.2 Å². The van der Waals surface area contributed by atoms with Gasteiger partial charge in [0, 0.05) is 36.5 Å². The molecule has 166 valence electrons. The summed E-state index contributed by atoms with van der Waals surface area (Å²) in [7, 11) is 0. The lowest BCUT2D eigenvalue weighted by atomic mass is 10.0. The second kappa shape index (κ2) is 9.02. The van der Waals surface area contributed by atoms with Crippen molar-refractivity contribution in [3.8, 4) is 5.75 Å². The van der Waals surface area contributed by atoms with Gasteiger partial charge in [0.1, 0.15) is 22.8 Å². The normalized spacial score (nSPS) is 18.1. The average Bonchev–Trinajstić information content (AvgIpc) is 3.44. The molecule has 0 aliphatic carbocycles. The maximum Gasteiger partial charge on any atom is 0.186 e. The fraction of sp³-hybridized carbons (Fsp3) is 0.478. The molecule has 1 N–H and O–H groups in total. The van der Waals surface area contributed by atoms with Gasteiger partial charge in [0.2, 0.25) is 0 Å². The van der Waals surface area contributed by atoms with Crippen molar-refractivity contribution in [1.29, 1.82) is 0 Å². The fourth-order valence-electron chi connectivity index (χ4n) is 3.69. The number of nitrogens with zero attached hydrogens (tertiary/aromatic N) is 3. The van der Waals surface area contributed by atoms with Crippen molar-refractivity contribution in [2.24, 2.45) is 5.16 Å². The fourth-order valence-corrected chi connectivity index (χ4v) is 3.97. The maximum atomic E-state index is 11.0. The summed E-state index contributed by atoms with van der Waals surface area (Å²) in [4.78, 5) is 12.5. The summed E-state index contributed by atoms with van der Waals surface area (Å²) < 4.78 is 11.4. The van der Waals surface area contributed by atoms with E-state index in [1.165, 1.54) is 0 Å². The third-order valence-electron chi connectivity index (χ3n) is 5.12. The Bertz CT molecular complexity index is 962. The zero-order chi connectivity index (χ0) is 22.0. The van der Waals surface area contributed by atoms with Crippen LogP contribution in [-0.4, -0.2) is 47.7 Å². The number of rotatable bonds is 5. The van der Waals surface area contributed by atoms with Crippen molar-refractivity contribution in [2.75, 3.05) is 31.2 Å². The molecule has 1 aromatic carbocycles. The van der Waals surface area contributed by atoms with Gasteiger partial charge in [-0.1, -0.05) is 22.8 Å². The first kappa shape index (κ1) is 21.9. The largest absolute Gasteiger partial charge is 0.507 e. The first-order valence-electron chi connectivity index (χ1n) is 10.6. The Morgan fingerprint density at radius 3 is 2.61 bits per heavy atom. The third kappa shape index (κ3) is 4.95. The van der Waals surface area contributed by atoms with Crippen molar-refractivity contribution in [1.82, 2.24) is 4.98 Å². The molecule has 0 bridgehead atoms. The molecule has 0 saturated carbocycles. The van der Waals surface area contributed by atoms with Crippen LogP contribution in [0.3, 0.4) is 0 Å². The van der Waals surface area contributed by atoms with Crippen LogP contribution < -0.4 is 4.90 Å². The molecule has 4 rings (SSSR count). The van der Waals surface area contributed by atoms with Gasteiger partial charge in [0.15, 0.2) is 6.29 Å². The van der Waals surface area contributed by atoms with Crippen LogP contribution in [0.25, 0.3) is 0 Å². The van der Waals surface area contributed by atoms with E-state index in [0.717, 1.165) is 37.2 Å². The van der Waals surface area contributed by atoms with E-state index in [9.17, 15) is 5.11 Å². The maximum absolute atomic E-state index is 11.0. The van der Waals surface area contributed by atoms with Gasteiger partial charge in [-0.25, -0.2) is 0 Å². The van der Waals surface area contributed by atoms with Crippen LogP contribution in [0, 0.1) is 0 Å². The molecule has 7 nitrogen and oxygen atoms in total. The summed E-state index contributed by atoms with van der Waals surface area (Å²) in [5, 5.41) is 15.9. The number of anilines is 1. The zero-order valence-corrected chi connectivity index (χ0v) is 18.9. The van der Waals surface area contributed by atoms with Gasteiger partial charge in [0.05, 0.1) is 23.9 Å². The number of oxime groups is 1. The molecular weight excluding hydrogens is 418 g/mol. The Morgan fingerprint density at radius 2 is 1.94 bits per heavy atom. The van der Waals surface area contributed by atoms with Gasteiger partial charge in [0.25, 0.3) is 0 Å². The van der Waals surface area contributed by atoms with E-state index in [2.05, 4.69) is 15.0 Å². The number of aromatic hydroxyl groups is 1. The number of phenolic OH excluding ortho intramolecular Hbond substituents is 1. The second-order valence-corrected chi connectivity index (χ2v) is 9.08. The highest BCUT2D eigenvalue weighted by atomic mass is 35.5. The Hall–Kier alpha value is -2.35. The molecule has 2 saturated heterocycles. The summed E-state index contributed by atoms with van der Waals surface area (Å²) in [5.41, 5.74) is 2.33. The van der Waals surface area contributed by atoms with Crippen LogP contribution >= 0.6 is 11.6 Å². The Balaban J connectivity index is 1.81. The lowest BCUT2D eigenvalue weighted by Crippen LogP contribution is -2.20. The molecule has 8 heteroatoms. The quantitative estimate of drug-likeness (QED) is 0.533. The number of halogens is 1. The molecule has 31 heavy (non-hydrogen) atoms.